The first-order chi connectivity index (χ1) is 17.2. The number of esters is 2. The summed E-state index contributed by atoms with van der Waals surface area (Å²) in [6, 6.07) is 1.74. The molecule has 3 saturated carbocycles. The number of hydrogen-bond acceptors (Lipinski definition) is 9. The molecule has 1 aromatic heterocycles. The largest absolute Gasteiger partial charge is 0.472 e. The highest BCUT2D eigenvalue weighted by Gasteiger charge is 2.87. The Balaban J connectivity index is 1.59. The molecule has 3 heterocycles. The van der Waals surface area contributed by atoms with Crippen LogP contribution in [0.5, 0.6) is 0 Å². The lowest BCUT2D eigenvalue weighted by Gasteiger charge is -2.68. The van der Waals surface area contributed by atoms with Gasteiger partial charge in [0, 0.05) is 33.6 Å². The van der Waals surface area contributed by atoms with Gasteiger partial charge in [0.2, 0.25) is 0 Å². The smallest absolute Gasteiger partial charge is 0.335 e. The zero-order chi connectivity index (χ0) is 27.0. The van der Waals surface area contributed by atoms with Gasteiger partial charge < -0.3 is 28.8 Å². The molecule has 0 aromatic carbocycles. The monoisotopic (exact) mass is 516 g/mol. The van der Waals surface area contributed by atoms with Crippen molar-refractivity contribution in [3.05, 3.63) is 24.2 Å². The number of ether oxygens (including phenoxy) is 3. The van der Waals surface area contributed by atoms with E-state index >= 15 is 0 Å². The highest BCUT2D eigenvalue weighted by Crippen LogP contribution is 2.79. The Labute approximate surface area is 215 Å². The van der Waals surface area contributed by atoms with E-state index in [1.165, 1.54) is 19.6 Å². The average molecular weight is 517 g/mol. The van der Waals surface area contributed by atoms with Crippen molar-refractivity contribution in [1.29, 1.82) is 0 Å². The molecule has 5 aliphatic rings. The van der Waals surface area contributed by atoms with Crippen LogP contribution in [0.4, 0.5) is 0 Å². The first-order valence-corrected chi connectivity index (χ1v) is 13.1. The number of cyclic esters (lactones) is 1. The van der Waals surface area contributed by atoms with Gasteiger partial charge in [-0.1, -0.05) is 27.7 Å². The highest BCUT2D eigenvalue weighted by atomic mass is 16.6. The molecule has 9 heteroatoms. The molecule has 2 saturated heterocycles. The lowest BCUT2D eigenvalue weighted by Crippen LogP contribution is -2.77. The van der Waals surface area contributed by atoms with E-state index in [9.17, 15) is 24.6 Å². The van der Waals surface area contributed by atoms with E-state index in [1.54, 1.807) is 6.07 Å². The molecule has 5 fully saturated rings. The average Bonchev–Trinajstić information content (AvgIpc) is 3.44. The van der Waals surface area contributed by atoms with Crippen LogP contribution in [-0.2, 0) is 28.6 Å². The second kappa shape index (κ2) is 7.04. The maximum absolute atomic E-state index is 14.3. The quantitative estimate of drug-likeness (QED) is 0.582. The number of carbonyl (C=O) groups excluding carboxylic acids is 3. The van der Waals surface area contributed by atoms with Gasteiger partial charge in [0.1, 0.15) is 23.1 Å². The predicted molar refractivity (Wildman–Crippen MR) is 127 cm³/mol. The van der Waals surface area contributed by atoms with Crippen LogP contribution in [0.15, 0.2) is 23.0 Å². The van der Waals surface area contributed by atoms with Crippen molar-refractivity contribution in [2.24, 2.45) is 34.0 Å². The summed E-state index contributed by atoms with van der Waals surface area (Å²) in [6.07, 6.45) is 1.65. The van der Waals surface area contributed by atoms with Crippen LogP contribution in [0.3, 0.4) is 0 Å². The van der Waals surface area contributed by atoms with Crippen LogP contribution in [0.25, 0.3) is 0 Å². The van der Waals surface area contributed by atoms with Gasteiger partial charge in [-0.05, 0) is 32.3 Å². The predicted octanol–water partition coefficient (Wildman–Crippen LogP) is 2.73. The Hall–Kier alpha value is -2.23. The van der Waals surface area contributed by atoms with E-state index in [1.807, 2.05) is 34.6 Å². The summed E-state index contributed by atoms with van der Waals surface area (Å²) in [7, 11) is 1.22. The van der Waals surface area contributed by atoms with Gasteiger partial charge in [-0.2, -0.15) is 0 Å². The van der Waals surface area contributed by atoms with Crippen LogP contribution < -0.4 is 0 Å². The molecule has 6 rings (SSSR count). The van der Waals surface area contributed by atoms with Crippen molar-refractivity contribution < 1.29 is 43.2 Å². The Kier molecular flexibility index (Phi) is 4.77. The topological polar surface area (TPSA) is 132 Å². The number of aliphatic hydroxyl groups is 2. The summed E-state index contributed by atoms with van der Waals surface area (Å²) in [6.45, 7) is 9.44. The van der Waals surface area contributed by atoms with Gasteiger partial charge in [-0.25, -0.2) is 4.79 Å². The number of furan rings is 1. The first-order valence-electron chi connectivity index (χ1n) is 13.1. The molecular weight excluding hydrogens is 480 g/mol. The zero-order valence-electron chi connectivity index (χ0n) is 22.2. The summed E-state index contributed by atoms with van der Waals surface area (Å²) in [5, 5.41) is 24.2. The fourth-order valence-corrected chi connectivity index (χ4v) is 9.85. The maximum Gasteiger partial charge on any atom is 0.335 e. The summed E-state index contributed by atoms with van der Waals surface area (Å²) >= 11 is 0. The normalized spacial score (nSPS) is 50.2. The van der Waals surface area contributed by atoms with E-state index in [0.29, 0.717) is 18.4 Å². The maximum atomic E-state index is 14.3. The Bertz CT molecular complexity index is 1190. The molecule has 10 atom stereocenters. The molecule has 37 heavy (non-hydrogen) atoms. The fourth-order valence-electron chi connectivity index (χ4n) is 9.85. The number of methoxy groups -OCH3 is 1. The van der Waals surface area contributed by atoms with Crippen molar-refractivity contribution in [2.75, 3.05) is 7.11 Å². The number of hydrogen-bond donors (Lipinski definition) is 2. The van der Waals surface area contributed by atoms with Gasteiger partial charge in [0.05, 0.1) is 37.6 Å². The number of rotatable bonds is 3. The molecule has 3 aliphatic carbocycles. The molecule has 9 nitrogen and oxygen atoms in total. The third-order valence-corrected chi connectivity index (χ3v) is 11.8. The summed E-state index contributed by atoms with van der Waals surface area (Å²) in [5.41, 5.74) is -6.34. The van der Waals surface area contributed by atoms with E-state index in [4.69, 9.17) is 18.6 Å². The lowest BCUT2D eigenvalue weighted by atomic mass is 9.35. The molecule has 1 spiro atoms. The second-order valence-corrected chi connectivity index (χ2v) is 13.1. The third kappa shape index (κ3) is 2.46. The van der Waals surface area contributed by atoms with Crippen molar-refractivity contribution in [1.82, 2.24) is 0 Å². The minimum Gasteiger partial charge on any atom is -0.472 e. The van der Waals surface area contributed by atoms with Crippen molar-refractivity contribution in [2.45, 2.75) is 89.3 Å². The van der Waals surface area contributed by atoms with E-state index in [0.717, 1.165) is 0 Å². The van der Waals surface area contributed by atoms with Gasteiger partial charge >= 0.3 is 11.9 Å². The molecule has 0 radical (unpaired) electrons. The Morgan fingerprint density at radius 1 is 1.19 bits per heavy atom. The van der Waals surface area contributed by atoms with Crippen LogP contribution in [-0.4, -0.2) is 58.0 Å². The van der Waals surface area contributed by atoms with Gasteiger partial charge in [0.25, 0.3) is 0 Å². The zero-order valence-corrected chi connectivity index (χ0v) is 22.2. The van der Waals surface area contributed by atoms with Gasteiger partial charge in [0.15, 0.2) is 6.10 Å². The van der Waals surface area contributed by atoms with Crippen LogP contribution in [0.2, 0.25) is 0 Å². The molecule has 2 N–H and O–H groups in total. The summed E-state index contributed by atoms with van der Waals surface area (Å²) < 4.78 is 23.2. The number of fused-ring (bicyclic) bond motifs is 3. The van der Waals surface area contributed by atoms with E-state index in [-0.39, 0.29) is 18.6 Å². The minimum atomic E-state index is -1.67. The molecule has 0 unspecified atom stereocenters. The summed E-state index contributed by atoms with van der Waals surface area (Å²) in [4.78, 5) is 40.1. The van der Waals surface area contributed by atoms with Gasteiger partial charge in [-0.3, -0.25) is 9.59 Å². The molecule has 1 aromatic rings. The van der Waals surface area contributed by atoms with Gasteiger partial charge in [-0.15, -0.1) is 0 Å². The van der Waals surface area contributed by atoms with Crippen molar-refractivity contribution in [3.63, 3.8) is 0 Å². The Morgan fingerprint density at radius 2 is 1.89 bits per heavy atom. The van der Waals surface area contributed by atoms with Crippen LogP contribution in [0.1, 0.15) is 72.0 Å². The number of carbonyl (C=O) groups is 3. The molecule has 0 amide bonds. The SMILES string of the molecule is COC(=O)[C@H](O)[C@H]1C(C)(C)[C@]2(C)O[C@@]34C[C@H]2C(=O)[C@]1(C)[C@@H]3CC[C@@]1(C)[C@H](c2ccoc2)OC(=O)C[C@]14O. The number of aliphatic hydroxyl groups excluding tert-OH is 1. The van der Waals surface area contributed by atoms with Crippen molar-refractivity contribution in [3.8, 4) is 0 Å². The van der Waals surface area contributed by atoms with Crippen LogP contribution in [0, 0.1) is 34.0 Å². The van der Waals surface area contributed by atoms with E-state index < -0.39 is 74.9 Å². The van der Waals surface area contributed by atoms with Crippen LogP contribution >= 0.6 is 0 Å². The summed E-state index contributed by atoms with van der Waals surface area (Å²) in [5.74, 6) is -3.32. The standard InChI is InChI=1S/C28H36O9/c1-23(2)19(18(30)22(32)34-6)25(4)16-7-9-24(3)21(14-8-10-35-13-14)36-17(29)12-28(24,33)27(16)11-15(20(25)31)26(23,5)37-27/h8,10,13,15-16,18-19,21,30,33H,7,9,11-12H2,1-6H3/t15-,16-,18+,19-,21-,24-,25+,26+,27-,28-/m0/s1. The number of Topliss-reactive ketones (excluding diaryl/α,β-unsaturated/α-hetero) is 1. The highest BCUT2D eigenvalue weighted by molar-refractivity contribution is 5.93. The number of ketones is 1. The second-order valence-electron chi connectivity index (χ2n) is 13.1. The molecule has 3 bridgehead atoms. The lowest BCUT2D eigenvalue weighted by molar-refractivity contribution is -0.324. The Morgan fingerprint density at radius 3 is 2.51 bits per heavy atom. The molecular formula is C28H36O9. The molecule has 2 aliphatic heterocycles. The van der Waals surface area contributed by atoms with Crippen molar-refractivity contribution >= 4 is 17.7 Å². The first kappa shape index (κ1) is 25.1. The molecule has 202 valence electrons. The minimum absolute atomic E-state index is 0.0580. The van der Waals surface area contributed by atoms with E-state index in [2.05, 4.69) is 0 Å². The fraction of sp³-hybridized carbons (Fsp3) is 0.750. The third-order valence-electron chi connectivity index (χ3n) is 11.8.